The van der Waals surface area contributed by atoms with Crippen molar-refractivity contribution in [2.75, 3.05) is 12.4 Å². The highest BCUT2D eigenvalue weighted by molar-refractivity contribution is 6.27. The Kier molecular flexibility index (Phi) is 8.25. The predicted molar refractivity (Wildman–Crippen MR) is 141 cm³/mol. The number of nitrogens with one attached hydrogen (secondary N) is 2. The number of H-pyrrole nitrogens is 1. The number of benzene rings is 3. The van der Waals surface area contributed by atoms with Crippen LogP contribution in [0.3, 0.4) is 0 Å². The molecule has 4 aromatic rings. The number of hydrogen-bond donors (Lipinski definition) is 4. The van der Waals surface area contributed by atoms with Crippen LogP contribution in [-0.2, 0) is 0 Å². The molecule has 0 radical (unpaired) electrons. The lowest BCUT2D eigenvalue weighted by molar-refractivity contribution is 0.0932. The molecule has 0 saturated carbocycles. The van der Waals surface area contributed by atoms with Crippen LogP contribution in [0.4, 0.5) is 11.4 Å². The van der Waals surface area contributed by atoms with Gasteiger partial charge in [0.1, 0.15) is 17.4 Å². The lowest BCUT2D eigenvalue weighted by atomic mass is 10.1. The Labute approximate surface area is 213 Å². The van der Waals surface area contributed by atoms with Gasteiger partial charge in [-0.1, -0.05) is 12.1 Å². The smallest absolute Gasteiger partial charge is 0.251 e. The number of aromatic nitrogens is 2. The third-order valence-corrected chi connectivity index (χ3v) is 5.68. The van der Waals surface area contributed by atoms with E-state index in [-0.39, 0.29) is 23.6 Å². The Bertz CT molecular complexity index is 1330. The van der Waals surface area contributed by atoms with Crippen LogP contribution in [0, 0.1) is 0 Å². The molecular formula is C26H26ClN7O2. The number of halogens is 1. The number of nitrogens with two attached hydrogens (primary N) is 1. The molecule has 0 aliphatic heterocycles. The van der Waals surface area contributed by atoms with Crippen LogP contribution in [0.25, 0.3) is 11.0 Å². The number of rotatable bonds is 10. The van der Waals surface area contributed by atoms with E-state index in [1.165, 1.54) is 0 Å². The summed E-state index contributed by atoms with van der Waals surface area (Å²) in [6.45, 7) is 0.506. The van der Waals surface area contributed by atoms with E-state index in [9.17, 15) is 9.90 Å². The molecule has 0 unspecified atom stereocenters. The third kappa shape index (κ3) is 6.67. The molecule has 4 rings (SSSR count). The van der Waals surface area contributed by atoms with Crippen molar-refractivity contribution < 1.29 is 9.90 Å². The summed E-state index contributed by atoms with van der Waals surface area (Å²) >= 11 is 5.69. The van der Waals surface area contributed by atoms with Crippen molar-refractivity contribution in [2.24, 2.45) is 21.0 Å². The lowest BCUT2D eigenvalue weighted by Crippen LogP contribution is -2.29. The second-order valence-electron chi connectivity index (χ2n) is 8.08. The molecule has 1 aromatic heterocycles. The number of hydrogen-bond acceptors (Lipinski definition) is 6. The summed E-state index contributed by atoms with van der Waals surface area (Å²) in [6.07, 6.45) is 1.31. The molecule has 184 valence electrons. The van der Waals surface area contributed by atoms with E-state index in [1.54, 1.807) is 48.5 Å². The largest absolute Gasteiger partial charge is 0.508 e. The number of fused-ring (bicyclic) bond motifs is 1. The summed E-state index contributed by atoms with van der Waals surface area (Å²) < 4.78 is 0. The van der Waals surface area contributed by atoms with E-state index in [0.717, 1.165) is 11.0 Å². The van der Waals surface area contributed by atoms with Gasteiger partial charge in [0.2, 0.25) is 0 Å². The average Bonchev–Trinajstić information content (AvgIpc) is 3.34. The third-order valence-electron chi connectivity index (χ3n) is 5.41. The zero-order valence-corrected chi connectivity index (χ0v) is 20.2. The van der Waals surface area contributed by atoms with Crippen molar-refractivity contribution in [2.45, 2.75) is 18.9 Å². The number of imidazole rings is 1. The van der Waals surface area contributed by atoms with Crippen molar-refractivity contribution in [1.82, 2.24) is 15.3 Å². The molecular weight excluding hydrogens is 478 g/mol. The molecule has 0 bridgehead atoms. The minimum absolute atomic E-state index is 0.164. The van der Waals surface area contributed by atoms with Gasteiger partial charge in [-0.05, 0) is 73.5 Å². The molecule has 1 heterocycles. The Hall–Kier alpha value is -4.24. The van der Waals surface area contributed by atoms with Crippen molar-refractivity contribution in [3.63, 3.8) is 0 Å². The van der Waals surface area contributed by atoms with Crippen LogP contribution in [-0.4, -0.2) is 39.2 Å². The van der Waals surface area contributed by atoms with Gasteiger partial charge in [-0.3, -0.25) is 9.79 Å². The molecule has 3 aromatic carbocycles. The van der Waals surface area contributed by atoms with Crippen LogP contribution in [0.2, 0.25) is 0 Å². The van der Waals surface area contributed by atoms with Gasteiger partial charge in [0.05, 0.1) is 34.3 Å². The van der Waals surface area contributed by atoms with Gasteiger partial charge in [-0.2, -0.15) is 10.2 Å². The normalized spacial score (nSPS) is 12.8. The summed E-state index contributed by atoms with van der Waals surface area (Å²) in [6, 6.07) is 20.6. The predicted octanol–water partition coefficient (Wildman–Crippen LogP) is 5.53. The maximum atomic E-state index is 13.1. The molecule has 5 N–H and O–H groups in total. The van der Waals surface area contributed by atoms with Gasteiger partial charge in [-0.25, -0.2) is 4.98 Å². The molecule has 1 atom stereocenters. The van der Waals surface area contributed by atoms with Crippen molar-refractivity contribution in [3.8, 4) is 5.75 Å². The molecule has 10 heteroatoms. The first kappa shape index (κ1) is 24.9. The van der Waals surface area contributed by atoms with Crippen LogP contribution in [0.15, 0.2) is 88.0 Å². The highest BCUT2D eigenvalue weighted by Gasteiger charge is 2.19. The second-order valence-corrected chi connectivity index (χ2v) is 8.34. The highest BCUT2D eigenvalue weighted by atomic mass is 35.5. The zero-order chi connectivity index (χ0) is 25.3. The fraction of sp³-hybridized carbons (Fsp3) is 0.192. The fourth-order valence-corrected chi connectivity index (χ4v) is 3.62. The Balaban J connectivity index is 1.45. The first-order valence-corrected chi connectivity index (χ1v) is 12.0. The lowest BCUT2D eigenvalue weighted by Gasteiger charge is -2.16. The number of aromatic amines is 1. The molecule has 0 fully saturated rings. The quantitative estimate of drug-likeness (QED) is 0.0741. The Morgan fingerprint density at radius 2 is 1.69 bits per heavy atom. The van der Waals surface area contributed by atoms with Gasteiger partial charge in [0.15, 0.2) is 0 Å². The number of phenols is 1. The number of aromatic hydroxyl groups is 1. The van der Waals surface area contributed by atoms with Gasteiger partial charge in [0, 0.05) is 12.1 Å². The SMILES string of the molecule is NC(CCl)=NCCC[C@H](NC(=O)c1ccc(N=Nc2ccc(O)cc2)cc1)c1nc2ccccc2[nH]1. The number of alkyl halides is 1. The van der Waals surface area contributed by atoms with E-state index in [0.29, 0.717) is 48.0 Å². The van der Waals surface area contributed by atoms with Crippen LogP contribution in [0.1, 0.15) is 35.1 Å². The van der Waals surface area contributed by atoms with E-state index < -0.39 is 0 Å². The number of azo groups is 1. The molecule has 0 saturated heterocycles. The maximum absolute atomic E-state index is 13.1. The van der Waals surface area contributed by atoms with Crippen molar-refractivity contribution in [1.29, 1.82) is 0 Å². The molecule has 0 aliphatic carbocycles. The summed E-state index contributed by atoms with van der Waals surface area (Å²) in [5.74, 6) is 1.19. The number of nitrogens with zero attached hydrogens (tertiary/aromatic N) is 4. The summed E-state index contributed by atoms with van der Waals surface area (Å²) in [7, 11) is 0. The molecule has 36 heavy (non-hydrogen) atoms. The van der Waals surface area contributed by atoms with Crippen LogP contribution >= 0.6 is 11.6 Å². The monoisotopic (exact) mass is 503 g/mol. The standard InChI is InChI=1S/C26H26ClN7O2/c27-16-24(28)29-15-3-6-23(25-30-21-4-1-2-5-22(21)31-25)32-26(36)17-7-9-18(10-8-17)33-34-19-11-13-20(35)14-12-19/h1-2,4-5,7-14,23,35H,3,6,15-16H2,(H2,28,29)(H,30,31)(H,32,36)/t23-/m0/s1. The summed E-state index contributed by atoms with van der Waals surface area (Å²) in [5.41, 5.74) is 9.12. The average molecular weight is 504 g/mol. The number of amidine groups is 1. The van der Waals surface area contributed by atoms with Gasteiger partial charge in [-0.15, -0.1) is 11.6 Å². The summed E-state index contributed by atoms with van der Waals surface area (Å²) in [5, 5.41) is 20.7. The van der Waals surface area contributed by atoms with Gasteiger partial charge < -0.3 is 21.1 Å². The number of para-hydroxylation sites is 2. The van der Waals surface area contributed by atoms with E-state index in [1.807, 2.05) is 24.3 Å². The molecule has 0 spiro atoms. The molecule has 1 amide bonds. The van der Waals surface area contributed by atoms with E-state index in [2.05, 4.69) is 30.5 Å². The first-order valence-electron chi connectivity index (χ1n) is 11.4. The second kappa shape index (κ2) is 11.9. The minimum atomic E-state index is -0.341. The van der Waals surface area contributed by atoms with E-state index in [4.69, 9.17) is 17.3 Å². The van der Waals surface area contributed by atoms with Gasteiger partial charge in [0.25, 0.3) is 5.91 Å². The van der Waals surface area contributed by atoms with Crippen LogP contribution < -0.4 is 11.1 Å². The number of amides is 1. The van der Waals surface area contributed by atoms with Crippen molar-refractivity contribution >= 4 is 45.8 Å². The summed E-state index contributed by atoms with van der Waals surface area (Å²) in [4.78, 5) is 25.3. The minimum Gasteiger partial charge on any atom is -0.508 e. The maximum Gasteiger partial charge on any atom is 0.251 e. The van der Waals surface area contributed by atoms with Gasteiger partial charge >= 0.3 is 0 Å². The Morgan fingerprint density at radius 1 is 1.03 bits per heavy atom. The molecule has 9 nitrogen and oxygen atoms in total. The molecule has 0 aliphatic rings. The van der Waals surface area contributed by atoms with Crippen molar-refractivity contribution in [3.05, 3.63) is 84.2 Å². The van der Waals surface area contributed by atoms with Crippen LogP contribution in [0.5, 0.6) is 5.75 Å². The number of carbonyl (C=O) groups is 1. The topological polar surface area (TPSA) is 141 Å². The zero-order valence-electron chi connectivity index (χ0n) is 19.4. The first-order chi connectivity index (χ1) is 17.5. The Morgan fingerprint density at radius 3 is 2.36 bits per heavy atom. The van der Waals surface area contributed by atoms with E-state index >= 15 is 0 Å². The number of phenolic OH excluding ortho intramolecular Hbond substituents is 1. The fourth-order valence-electron chi connectivity index (χ4n) is 3.53. The number of carbonyl (C=O) groups excluding carboxylic acids is 1. The highest BCUT2D eigenvalue weighted by Crippen LogP contribution is 2.23. The number of aliphatic imine (C=N–C) groups is 1.